The average molecular weight is 586 g/mol. The van der Waals surface area contributed by atoms with Crippen LogP contribution < -0.4 is 15.5 Å². The third-order valence-electron chi connectivity index (χ3n) is 6.51. The SMILES string of the molecule is C[C@@H](NC(=O)c1nccc(N2CCOCC2)n1)c1ccc(-c2cc(C(F)(F)F)ccc2CNC(=O)OC(C)(C)C)cc1. The summed E-state index contributed by atoms with van der Waals surface area (Å²) in [6.07, 6.45) is -3.67. The second-order valence-electron chi connectivity index (χ2n) is 10.9. The van der Waals surface area contributed by atoms with Crippen LogP contribution >= 0.6 is 0 Å². The normalized spacial score (nSPS) is 14.7. The predicted molar refractivity (Wildman–Crippen MR) is 151 cm³/mol. The Morgan fingerprint density at radius 1 is 1.05 bits per heavy atom. The van der Waals surface area contributed by atoms with E-state index in [0.717, 1.165) is 17.7 Å². The van der Waals surface area contributed by atoms with Crippen LogP contribution in [0.4, 0.5) is 23.8 Å². The second kappa shape index (κ2) is 12.8. The van der Waals surface area contributed by atoms with Crippen LogP contribution in [0.2, 0.25) is 0 Å². The number of carbonyl (C=O) groups excluding carboxylic acids is 2. The second-order valence-corrected chi connectivity index (χ2v) is 10.9. The Balaban J connectivity index is 1.49. The minimum Gasteiger partial charge on any atom is -0.444 e. The number of carbonyl (C=O) groups is 2. The third kappa shape index (κ3) is 8.19. The van der Waals surface area contributed by atoms with Crippen molar-refractivity contribution < 1.29 is 32.2 Å². The average Bonchev–Trinajstić information content (AvgIpc) is 2.95. The van der Waals surface area contributed by atoms with Gasteiger partial charge in [0.25, 0.3) is 5.91 Å². The summed E-state index contributed by atoms with van der Waals surface area (Å²) in [5, 5.41) is 5.48. The Bertz CT molecular complexity index is 1400. The molecule has 0 bridgehead atoms. The van der Waals surface area contributed by atoms with Gasteiger partial charge >= 0.3 is 12.3 Å². The quantitative estimate of drug-likeness (QED) is 0.377. The smallest absolute Gasteiger partial charge is 0.416 e. The van der Waals surface area contributed by atoms with Gasteiger partial charge in [0, 0.05) is 25.8 Å². The molecule has 0 spiro atoms. The van der Waals surface area contributed by atoms with Crippen molar-refractivity contribution in [2.45, 2.75) is 52.1 Å². The fourth-order valence-corrected chi connectivity index (χ4v) is 4.38. The molecular weight excluding hydrogens is 551 g/mol. The predicted octanol–water partition coefficient (Wildman–Crippen LogP) is 5.51. The fourth-order valence-electron chi connectivity index (χ4n) is 4.38. The maximum absolute atomic E-state index is 13.5. The summed E-state index contributed by atoms with van der Waals surface area (Å²) in [5.74, 6) is 0.233. The molecule has 0 saturated carbocycles. The van der Waals surface area contributed by atoms with Gasteiger partial charge in [0.05, 0.1) is 24.8 Å². The molecule has 12 heteroatoms. The number of halogens is 3. The standard InChI is InChI=1S/C30H34F3N5O4/c1-19(36-27(39)26-34-12-11-25(37-26)38-13-15-41-16-14-38)20-5-7-21(8-6-20)24-17-23(30(31,32)33)10-9-22(24)18-35-28(40)42-29(2,3)4/h5-12,17,19H,13-16,18H2,1-4H3,(H,35,40)(H,36,39)/t19-/m1/s1. The summed E-state index contributed by atoms with van der Waals surface area (Å²) in [5.41, 5.74) is 0.537. The first-order valence-corrected chi connectivity index (χ1v) is 13.5. The molecule has 2 aromatic carbocycles. The van der Waals surface area contributed by atoms with Gasteiger partial charge in [-0.15, -0.1) is 0 Å². The van der Waals surface area contributed by atoms with E-state index >= 15 is 0 Å². The van der Waals surface area contributed by atoms with Gasteiger partial charge in [-0.25, -0.2) is 14.8 Å². The molecule has 1 aliphatic rings. The first-order valence-electron chi connectivity index (χ1n) is 13.5. The van der Waals surface area contributed by atoms with E-state index in [9.17, 15) is 22.8 Å². The van der Waals surface area contributed by atoms with Crippen LogP contribution in [0.3, 0.4) is 0 Å². The van der Waals surface area contributed by atoms with E-state index in [1.807, 2.05) is 4.90 Å². The molecule has 0 aliphatic carbocycles. The molecule has 4 rings (SSSR count). The molecule has 9 nitrogen and oxygen atoms in total. The zero-order chi connectivity index (χ0) is 30.5. The lowest BCUT2D eigenvalue weighted by Gasteiger charge is -2.27. The van der Waals surface area contributed by atoms with Gasteiger partial charge in [0.2, 0.25) is 5.82 Å². The Morgan fingerprint density at radius 3 is 2.38 bits per heavy atom. The highest BCUT2D eigenvalue weighted by atomic mass is 19.4. The number of alkyl carbamates (subject to hydrolysis) is 1. The van der Waals surface area contributed by atoms with Crippen LogP contribution in [0.15, 0.2) is 54.7 Å². The van der Waals surface area contributed by atoms with Gasteiger partial charge in [-0.2, -0.15) is 13.2 Å². The summed E-state index contributed by atoms with van der Waals surface area (Å²) < 4.78 is 51.2. The van der Waals surface area contributed by atoms with E-state index in [1.54, 1.807) is 58.0 Å². The molecule has 1 fully saturated rings. The van der Waals surface area contributed by atoms with E-state index in [1.165, 1.54) is 12.3 Å². The molecule has 1 aromatic heterocycles. The largest absolute Gasteiger partial charge is 0.444 e. The van der Waals surface area contributed by atoms with E-state index in [0.29, 0.717) is 48.8 Å². The number of aromatic nitrogens is 2. The van der Waals surface area contributed by atoms with Crippen molar-refractivity contribution in [1.29, 1.82) is 0 Å². The van der Waals surface area contributed by atoms with Crippen molar-refractivity contribution in [3.05, 3.63) is 77.2 Å². The van der Waals surface area contributed by atoms with Crippen LogP contribution in [-0.4, -0.2) is 53.9 Å². The molecule has 224 valence electrons. The summed E-state index contributed by atoms with van der Waals surface area (Å²) in [6, 6.07) is 11.5. The highest BCUT2D eigenvalue weighted by Gasteiger charge is 2.31. The van der Waals surface area contributed by atoms with Gasteiger partial charge in [0.15, 0.2) is 0 Å². The van der Waals surface area contributed by atoms with E-state index in [2.05, 4.69) is 20.6 Å². The first-order chi connectivity index (χ1) is 19.8. The Morgan fingerprint density at radius 2 is 1.74 bits per heavy atom. The maximum atomic E-state index is 13.5. The molecule has 0 unspecified atom stereocenters. The summed E-state index contributed by atoms with van der Waals surface area (Å²) >= 11 is 0. The van der Waals surface area contributed by atoms with Crippen molar-refractivity contribution in [3.63, 3.8) is 0 Å². The van der Waals surface area contributed by atoms with Crippen LogP contribution in [0, 0.1) is 0 Å². The maximum Gasteiger partial charge on any atom is 0.416 e. The number of amides is 2. The Kier molecular flexibility index (Phi) is 9.35. The molecule has 2 N–H and O–H groups in total. The van der Waals surface area contributed by atoms with Gasteiger partial charge in [-0.05, 0) is 68.1 Å². The topological polar surface area (TPSA) is 106 Å². The highest BCUT2D eigenvalue weighted by Crippen LogP contribution is 2.34. The number of ether oxygens (including phenoxy) is 2. The first kappa shape index (κ1) is 30.8. The van der Waals surface area contributed by atoms with Crippen molar-refractivity contribution in [1.82, 2.24) is 20.6 Å². The van der Waals surface area contributed by atoms with Gasteiger partial charge < -0.3 is 25.0 Å². The highest BCUT2D eigenvalue weighted by molar-refractivity contribution is 5.91. The Labute approximate surface area is 242 Å². The zero-order valence-electron chi connectivity index (χ0n) is 23.9. The number of hydrogen-bond acceptors (Lipinski definition) is 7. The summed E-state index contributed by atoms with van der Waals surface area (Å²) in [4.78, 5) is 35.6. The molecule has 1 atom stereocenters. The molecule has 3 aromatic rings. The molecule has 2 amide bonds. The number of nitrogens with one attached hydrogen (secondary N) is 2. The molecular formula is C30H34F3N5O4. The van der Waals surface area contributed by atoms with Gasteiger partial charge in [0.1, 0.15) is 11.4 Å². The van der Waals surface area contributed by atoms with E-state index in [-0.39, 0.29) is 12.4 Å². The fraction of sp³-hybridized carbons (Fsp3) is 0.400. The zero-order valence-corrected chi connectivity index (χ0v) is 23.9. The van der Waals surface area contributed by atoms with Crippen molar-refractivity contribution in [2.75, 3.05) is 31.2 Å². The lowest BCUT2D eigenvalue weighted by molar-refractivity contribution is -0.137. The molecule has 42 heavy (non-hydrogen) atoms. The lowest BCUT2D eigenvalue weighted by atomic mass is 9.95. The molecule has 1 saturated heterocycles. The number of morpholine rings is 1. The van der Waals surface area contributed by atoms with Crippen molar-refractivity contribution >= 4 is 17.8 Å². The van der Waals surface area contributed by atoms with Crippen LogP contribution in [-0.2, 0) is 22.2 Å². The number of hydrogen-bond donors (Lipinski definition) is 2. The Hall–Kier alpha value is -4.19. The van der Waals surface area contributed by atoms with Crippen molar-refractivity contribution in [2.24, 2.45) is 0 Å². The van der Waals surface area contributed by atoms with Gasteiger partial charge in [-0.3, -0.25) is 4.79 Å². The van der Waals surface area contributed by atoms with Gasteiger partial charge in [-0.1, -0.05) is 30.3 Å². The van der Waals surface area contributed by atoms with Crippen LogP contribution in [0.5, 0.6) is 0 Å². The van der Waals surface area contributed by atoms with Crippen LogP contribution in [0.1, 0.15) is 61.0 Å². The number of nitrogens with zero attached hydrogens (tertiary/aromatic N) is 3. The number of benzene rings is 2. The van der Waals surface area contributed by atoms with Crippen molar-refractivity contribution in [3.8, 4) is 11.1 Å². The third-order valence-corrected chi connectivity index (χ3v) is 6.51. The molecule has 0 radical (unpaired) electrons. The summed E-state index contributed by atoms with van der Waals surface area (Å²) in [6.45, 7) is 9.43. The van der Waals surface area contributed by atoms with Crippen LogP contribution in [0.25, 0.3) is 11.1 Å². The minimum atomic E-state index is -4.54. The molecule has 2 heterocycles. The minimum absolute atomic E-state index is 0.0277. The number of anilines is 1. The number of alkyl halides is 3. The monoisotopic (exact) mass is 585 g/mol. The van der Waals surface area contributed by atoms with E-state index < -0.39 is 35.4 Å². The lowest BCUT2D eigenvalue weighted by Crippen LogP contribution is -2.37. The molecule has 1 aliphatic heterocycles. The van der Waals surface area contributed by atoms with E-state index in [4.69, 9.17) is 9.47 Å². The summed E-state index contributed by atoms with van der Waals surface area (Å²) in [7, 11) is 0. The number of rotatable bonds is 7.